The van der Waals surface area contributed by atoms with Gasteiger partial charge < -0.3 is 4.57 Å². The summed E-state index contributed by atoms with van der Waals surface area (Å²) in [6, 6.07) is 5.76. The van der Waals surface area contributed by atoms with Crippen LogP contribution in [0.25, 0.3) is 0 Å². The van der Waals surface area contributed by atoms with Gasteiger partial charge in [-0.05, 0) is 24.1 Å². The van der Waals surface area contributed by atoms with E-state index in [-0.39, 0.29) is 6.04 Å². The summed E-state index contributed by atoms with van der Waals surface area (Å²) in [4.78, 5) is 4.30. The Balaban J connectivity index is 2.23. The van der Waals surface area contributed by atoms with Crippen LogP contribution >= 0.6 is 27.5 Å². The van der Waals surface area contributed by atoms with E-state index in [4.69, 9.17) is 17.4 Å². The molecule has 1 atom stereocenters. The van der Waals surface area contributed by atoms with Crippen LogP contribution in [0.4, 0.5) is 0 Å². The predicted molar refractivity (Wildman–Crippen MR) is 76.1 cm³/mol. The number of imidazole rings is 1. The smallest absolute Gasteiger partial charge is 0.127 e. The van der Waals surface area contributed by atoms with E-state index in [9.17, 15) is 0 Å². The summed E-state index contributed by atoms with van der Waals surface area (Å²) < 4.78 is 2.91. The van der Waals surface area contributed by atoms with Crippen molar-refractivity contribution < 1.29 is 0 Å². The lowest BCUT2D eigenvalue weighted by Gasteiger charge is -2.16. The fourth-order valence-electron chi connectivity index (χ4n) is 1.84. The predicted octanol–water partition coefficient (Wildman–Crippen LogP) is 2.58. The summed E-state index contributed by atoms with van der Waals surface area (Å²) in [5.41, 5.74) is 3.82. The molecule has 1 aromatic carbocycles. The zero-order valence-corrected chi connectivity index (χ0v) is 12.2. The van der Waals surface area contributed by atoms with Crippen molar-refractivity contribution in [3.8, 4) is 0 Å². The molecule has 96 valence electrons. The highest BCUT2D eigenvalue weighted by molar-refractivity contribution is 9.10. The van der Waals surface area contributed by atoms with E-state index in [1.165, 1.54) is 0 Å². The van der Waals surface area contributed by atoms with Gasteiger partial charge in [0, 0.05) is 28.9 Å². The monoisotopic (exact) mass is 328 g/mol. The Hall–Kier alpha value is -0.880. The molecule has 0 saturated carbocycles. The summed E-state index contributed by atoms with van der Waals surface area (Å²) in [7, 11) is 1.94. The maximum Gasteiger partial charge on any atom is 0.127 e. The first-order chi connectivity index (χ1) is 8.61. The van der Waals surface area contributed by atoms with Crippen molar-refractivity contribution >= 4 is 27.5 Å². The minimum Gasteiger partial charge on any atom is -0.337 e. The lowest BCUT2D eigenvalue weighted by molar-refractivity contribution is 0.507. The Morgan fingerprint density at radius 1 is 1.56 bits per heavy atom. The van der Waals surface area contributed by atoms with Crippen LogP contribution in [0.5, 0.6) is 0 Å². The Kier molecular flexibility index (Phi) is 4.40. The molecule has 0 radical (unpaired) electrons. The van der Waals surface area contributed by atoms with E-state index in [1.54, 1.807) is 6.20 Å². The van der Waals surface area contributed by atoms with Gasteiger partial charge in [-0.1, -0.05) is 33.6 Å². The SMILES string of the molecule is Cn1ccnc1C(Cc1ccc(Br)cc1Cl)NN. The summed E-state index contributed by atoms with van der Waals surface area (Å²) >= 11 is 9.59. The molecule has 0 aliphatic rings. The van der Waals surface area contributed by atoms with Gasteiger partial charge in [0.2, 0.25) is 0 Å². The molecular formula is C12H14BrClN4. The Bertz CT molecular complexity index is 541. The van der Waals surface area contributed by atoms with Crippen LogP contribution in [-0.2, 0) is 13.5 Å². The Morgan fingerprint density at radius 3 is 2.89 bits per heavy atom. The fourth-order valence-corrected chi connectivity index (χ4v) is 2.60. The van der Waals surface area contributed by atoms with Crippen molar-refractivity contribution in [2.75, 3.05) is 0 Å². The molecule has 18 heavy (non-hydrogen) atoms. The largest absolute Gasteiger partial charge is 0.337 e. The standard InChI is InChI=1S/C12H14BrClN4/c1-18-5-4-16-12(18)11(17-15)6-8-2-3-9(13)7-10(8)14/h2-5,7,11,17H,6,15H2,1H3. The molecule has 4 nitrogen and oxygen atoms in total. The second-order valence-corrected chi connectivity index (χ2v) is 5.38. The molecule has 0 saturated heterocycles. The van der Waals surface area contributed by atoms with Crippen molar-refractivity contribution in [1.29, 1.82) is 0 Å². The third-order valence-electron chi connectivity index (χ3n) is 2.81. The summed E-state index contributed by atoms with van der Waals surface area (Å²) in [6.07, 6.45) is 4.33. The van der Waals surface area contributed by atoms with E-state index in [0.717, 1.165) is 20.9 Å². The van der Waals surface area contributed by atoms with Crippen LogP contribution in [0.1, 0.15) is 17.4 Å². The van der Waals surface area contributed by atoms with Gasteiger partial charge in [-0.3, -0.25) is 5.84 Å². The van der Waals surface area contributed by atoms with Crippen molar-refractivity contribution in [3.63, 3.8) is 0 Å². The second-order valence-electron chi connectivity index (χ2n) is 4.06. The topological polar surface area (TPSA) is 55.9 Å². The number of hydrogen-bond acceptors (Lipinski definition) is 3. The molecule has 1 aromatic heterocycles. The maximum atomic E-state index is 6.21. The summed E-state index contributed by atoms with van der Waals surface area (Å²) in [5, 5.41) is 0.721. The number of aryl methyl sites for hydroxylation is 1. The van der Waals surface area contributed by atoms with Gasteiger partial charge in [0.05, 0.1) is 6.04 Å². The molecule has 0 fully saturated rings. The quantitative estimate of drug-likeness (QED) is 0.669. The van der Waals surface area contributed by atoms with E-state index < -0.39 is 0 Å². The maximum absolute atomic E-state index is 6.21. The van der Waals surface area contributed by atoms with E-state index in [2.05, 4.69) is 26.3 Å². The average Bonchev–Trinajstić information content (AvgIpc) is 2.75. The summed E-state index contributed by atoms with van der Waals surface area (Å²) in [5.74, 6) is 6.49. The third kappa shape index (κ3) is 2.92. The first-order valence-corrected chi connectivity index (χ1v) is 6.66. The number of rotatable bonds is 4. The van der Waals surface area contributed by atoms with E-state index in [1.807, 2.05) is 36.0 Å². The van der Waals surface area contributed by atoms with Crippen molar-refractivity contribution in [3.05, 3.63) is 51.5 Å². The molecule has 0 aliphatic carbocycles. The highest BCUT2D eigenvalue weighted by atomic mass is 79.9. The number of halogens is 2. The van der Waals surface area contributed by atoms with Gasteiger partial charge in [0.25, 0.3) is 0 Å². The molecule has 6 heteroatoms. The number of nitrogens with one attached hydrogen (secondary N) is 1. The third-order valence-corrected chi connectivity index (χ3v) is 3.66. The highest BCUT2D eigenvalue weighted by Gasteiger charge is 2.16. The van der Waals surface area contributed by atoms with Gasteiger partial charge in [-0.15, -0.1) is 0 Å². The number of hydrogen-bond donors (Lipinski definition) is 2. The van der Waals surface area contributed by atoms with Crippen LogP contribution in [0.15, 0.2) is 35.1 Å². The van der Waals surface area contributed by atoms with Crippen LogP contribution < -0.4 is 11.3 Å². The van der Waals surface area contributed by atoms with Gasteiger partial charge in [0.15, 0.2) is 0 Å². The lowest BCUT2D eigenvalue weighted by Crippen LogP contribution is -2.31. The van der Waals surface area contributed by atoms with Gasteiger partial charge in [-0.25, -0.2) is 10.4 Å². The normalized spacial score (nSPS) is 12.7. The lowest BCUT2D eigenvalue weighted by atomic mass is 10.1. The fraction of sp³-hybridized carbons (Fsp3) is 0.250. The first kappa shape index (κ1) is 13.5. The van der Waals surface area contributed by atoms with Crippen LogP contribution in [0, 0.1) is 0 Å². The molecule has 3 N–H and O–H groups in total. The summed E-state index contributed by atoms with van der Waals surface area (Å²) in [6.45, 7) is 0. The van der Waals surface area contributed by atoms with E-state index >= 15 is 0 Å². The van der Waals surface area contributed by atoms with Gasteiger partial charge in [-0.2, -0.15) is 0 Å². The zero-order chi connectivity index (χ0) is 13.1. The van der Waals surface area contributed by atoms with Crippen molar-refractivity contribution in [2.24, 2.45) is 12.9 Å². The highest BCUT2D eigenvalue weighted by Crippen LogP contribution is 2.25. The van der Waals surface area contributed by atoms with E-state index in [0.29, 0.717) is 6.42 Å². The number of hydrazine groups is 1. The van der Waals surface area contributed by atoms with Crippen molar-refractivity contribution in [1.82, 2.24) is 15.0 Å². The molecule has 0 amide bonds. The van der Waals surface area contributed by atoms with Crippen LogP contribution in [-0.4, -0.2) is 9.55 Å². The number of benzene rings is 1. The zero-order valence-electron chi connectivity index (χ0n) is 9.90. The minimum atomic E-state index is -0.0660. The molecule has 2 rings (SSSR count). The average molecular weight is 330 g/mol. The molecule has 2 aromatic rings. The van der Waals surface area contributed by atoms with Crippen molar-refractivity contribution in [2.45, 2.75) is 12.5 Å². The first-order valence-electron chi connectivity index (χ1n) is 5.49. The minimum absolute atomic E-state index is 0.0660. The molecule has 0 spiro atoms. The molecule has 0 aliphatic heterocycles. The van der Waals surface area contributed by atoms with Crippen LogP contribution in [0.2, 0.25) is 5.02 Å². The number of nitrogens with two attached hydrogens (primary N) is 1. The molecule has 0 bridgehead atoms. The number of aromatic nitrogens is 2. The molecule has 1 heterocycles. The van der Waals surface area contributed by atoms with Gasteiger partial charge in [0.1, 0.15) is 5.82 Å². The molecule has 1 unspecified atom stereocenters. The Labute approximate surface area is 119 Å². The Morgan fingerprint density at radius 2 is 2.33 bits per heavy atom. The van der Waals surface area contributed by atoms with Crippen LogP contribution in [0.3, 0.4) is 0 Å². The van der Waals surface area contributed by atoms with Gasteiger partial charge >= 0.3 is 0 Å². The number of nitrogens with zero attached hydrogens (tertiary/aromatic N) is 2. The second kappa shape index (κ2) is 5.84. The molecular weight excluding hydrogens is 316 g/mol.